The first-order valence-corrected chi connectivity index (χ1v) is 7.12. The van der Waals surface area contributed by atoms with Crippen LogP contribution in [0.4, 0.5) is 0 Å². The van der Waals surface area contributed by atoms with Gasteiger partial charge in [0.15, 0.2) is 11.6 Å². The highest BCUT2D eigenvalue weighted by Gasteiger charge is 2.17. The first-order valence-electron chi connectivity index (χ1n) is 6.36. The van der Waals surface area contributed by atoms with Crippen molar-refractivity contribution in [2.75, 3.05) is 0 Å². The second kappa shape index (κ2) is 5.85. The number of halogens is 2. The molecule has 0 fully saturated rings. The molecular weight excluding hydrogens is 307 g/mol. The summed E-state index contributed by atoms with van der Waals surface area (Å²) in [5.74, 6) is 1.28. The first-order chi connectivity index (χ1) is 10.2. The van der Waals surface area contributed by atoms with Gasteiger partial charge in [0.1, 0.15) is 0 Å². The van der Waals surface area contributed by atoms with E-state index in [2.05, 4.69) is 10.2 Å². The second-order valence-corrected chi connectivity index (χ2v) is 5.20. The largest absolute Gasteiger partial charge is 0.324 e. The number of nitrogens with two attached hydrogens (primary N) is 1. The maximum atomic E-state index is 6.30. The van der Waals surface area contributed by atoms with Crippen molar-refractivity contribution in [3.8, 4) is 17.1 Å². The highest BCUT2D eigenvalue weighted by atomic mass is 35.5. The Hall–Kier alpha value is -1.88. The molecule has 3 rings (SSSR count). The number of para-hydroxylation sites is 1. The van der Waals surface area contributed by atoms with Crippen molar-refractivity contribution < 1.29 is 0 Å². The Morgan fingerprint density at radius 3 is 2.43 bits per heavy atom. The van der Waals surface area contributed by atoms with Crippen LogP contribution in [0.25, 0.3) is 17.1 Å². The molecule has 0 aliphatic rings. The summed E-state index contributed by atoms with van der Waals surface area (Å²) < 4.78 is 1.89. The maximum Gasteiger partial charge on any atom is 0.170 e. The van der Waals surface area contributed by atoms with Crippen LogP contribution >= 0.6 is 23.2 Å². The average Bonchev–Trinajstić information content (AvgIpc) is 2.94. The van der Waals surface area contributed by atoms with Gasteiger partial charge in [-0.3, -0.25) is 4.57 Å². The Bertz CT molecular complexity index is 769. The summed E-state index contributed by atoms with van der Waals surface area (Å²) in [6, 6.07) is 15.2. The lowest BCUT2D eigenvalue weighted by molar-refractivity contribution is 0.861. The van der Waals surface area contributed by atoms with E-state index < -0.39 is 0 Å². The fourth-order valence-electron chi connectivity index (χ4n) is 2.15. The summed E-state index contributed by atoms with van der Waals surface area (Å²) in [6.07, 6.45) is 0. The number of nitrogens with zero attached hydrogens (tertiary/aromatic N) is 3. The third-order valence-corrected chi connectivity index (χ3v) is 3.94. The van der Waals surface area contributed by atoms with Gasteiger partial charge in [-0.2, -0.15) is 0 Å². The van der Waals surface area contributed by atoms with Crippen LogP contribution in [0.1, 0.15) is 5.82 Å². The molecule has 0 saturated carbocycles. The zero-order chi connectivity index (χ0) is 14.8. The summed E-state index contributed by atoms with van der Waals surface area (Å²) in [4.78, 5) is 0. The van der Waals surface area contributed by atoms with Gasteiger partial charge in [0.2, 0.25) is 0 Å². The van der Waals surface area contributed by atoms with Crippen LogP contribution in [0.5, 0.6) is 0 Å². The van der Waals surface area contributed by atoms with Crippen molar-refractivity contribution >= 4 is 23.2 Å². The number of hydrogen-bond donors (Lipinski definition) is 1. The quantitative estimate of drug-likeness (QED) is 0.801. The lowest BCUT2D eigenvalue weighted by Crippen LogP contribution is -2.07. The number of aromatic nitrogens is 3. The summed E-state index contributed by atoms with van der Waals surface area (Å²) in [5, 5.41) is 9.30. The molecule has 3 aromatic rings. The second-order valence-electron chi connectivity index (χ2n) is 4.42. The van der Waals surface area contributed by atoms with Crippen LogP contribution in [-0.4, -0.2) is 14.8 Å². The number of benzene rings is 2. The molecule has 2 aromatic carbocycles. The van der Waals surface area contributed by atoms with Gasteiger partial charge in [0.25, 0.3) is 0 Å². The van der Waals surface area contributed by atoms with Crippen LogP contribution in [-0.2, 0) is 6.54 Å². The predicted octanol–water partition coefficient (Wildman–Crippen LogP) is 3.70. The lowest BCUT2D eigenvalue weighted by atomic mass is 10.2. The Morgan fingerprint density at radius 1 is 0.952 bits per heavy atom. The molecule has 0 aliphatic carbocycles. The van der Waals surface area contributed by atoms with Crippen LogP contribution < -0.4 is 5.73 Å². The number of hydrogen-bond acceptors (Lipinski definition) is 3. The van der Waals surface area contributed by atoms with Crippen LogP contribution in [0, 0.1) is 0 Å². The maximum absolute atomic E-state index is 6.30. The molecule has 0 bridgehead atoms. The summed E-state index contributed by atoms with van der Waals surface area (Å²) >= 11 is 12.4. The number of rotatable bonds is 3. The van der Waals surface area contributed by atoms with Gasteiger partial charge >= 0.3 is 0 Å². The molecule has 106 valence electrons. The minimum atomic E-state index is 0.278. The Balaban J connectivity index is 2.25. The molecule has 0 atom stereocenters. The van der Waals surface area contributed by atoms with Crippen molar-refractivity contribution in [1.29, 1.82) is 0 Å². The third-order valence-electron chi connectivity index (χ3n) is 3.12. The Labute approximate surface area is 132 Å². The van der Waals surface area contributed by atoms with Gasteiger partial charge in [0, 0.05) is 11.3 Å². The van der Waals surface area contributed by atoms with E-state index >= 15 is 0 Å². The van der Waals surface area contributed by atoms with E-state index in [-0.39, 0.29) is 6.54 Å². The monoisotopic (exact) mass is 318 g/mol. The van der Waals surface area contributed by atoms with Crippen molar-refractivity contribution in [3.05, 3.63) is 64.4 Å². The smallest absolute Gasteiger partial charge is 0.170 e. The van der Waals surface area contributed by atoms with Gasteiger partial charge in [0.05, 0.1) is 16.6 Å². The van der Waals surface area contributed by atoms with Gasteiger partial charge in [-0.05, 0) is 24.3 Å². The molecule has 6 heteroatoms. The van der Waals surface area contributed by atoms with E-state index in [4.69, 9.17) is 28.9 Å². The molecule has 1 aromatic heterocycles. The van der Waals surface area contributed by atoms with Crippen molar-refractivity contribution in [3.63, 3.8) is 0 Å². The summed E-state index contributed by atoms with van der Waals surface area (Å²) in [6.45, 7) is 0.278. The standard InChI is InChI=1S/C15H12Cl2N4/c16-12-8-4-7-11(14(12)17)15-20-19-13(9-18)21(15)10-5-2-1-3-6-10/h1-8H,9,18H2. The van der Waals surface area contributed by atoms with Gasteiger partial charge in [-0.1, -0.05) is 47.5 Å². The molecule has 1 heterocycles. The zero-order valence-corrected chi connectivity index (χ0v) is 12.5. The molecule has 0 amide bonds. The fraction of sp³-hybridized carbons (Fsp3) is 0.0667. The average molecular weight is 319 g/mol. The summed E-state index contributed by atoms with van der Waals surface area (Å²) in [7, 11) is 0. The Kier molecular flexibility index (Phi) is 3.92. The minimum absolute atomic E-state index is 0.278. The predicted molar refractivity (Wildman–Crippen MR) is 84.7 cm³/mol. The van der Waals surface area contributed by atoms with Crippen LogP contribution in [0.15, 0.2) is 48.5 Å². The van der Waals surface area contributed by atoms with E-state index in [1.807, 2.05) is 47.0 Å². The van der Waals surface area contributed by atoms with E-state index in [9.17, 15) is 0 Å². The molecule has 2 N–H and O–H groups in total. The molecule has 21 heavy (non-hydrogen) atoms. The molecule has 0 spiro atoms. The minimum Gasteiger partial charge on any atom is -0.324 e. The van der Waals surface area contributed by atoms with E-state index in [0.29, 0.717) is 21.7 Å². The third kappa shape index (κ3) is 2.53. The summed E-state index contributed by atoms with van der Waals surface area (Å²) in [5.41, 5.74) is 7.41. The molecule has 4 nitrogen and oxygen atoms in total. The first kappa shape index (κ1) is 14.1. The van der Waals surface area contributed by atoms with Crippen molar-refractivity contribution in [2.24, 2.45) is 5.73 Å². The zero-order valence-electron chi connectivity index (χ0n) is 11.0. The molecule has 0 unspecified atom stereocenters. The molecule has 0 radical (unpaired) electrons. The highest BCUT2D eigenvalue weighted by Crippen LogP contribution is 2.33. The van der Waals surface area contributed by atoms with Crippen LogP contribution in [0.3, 0.4) is 0 Å². The van der Waals surface area contributed by atoms with Gasteiger partial charge in [-0.15, -0.1) is 10.2 Å². The lowest BCUT2D eigenvalue weighted by Gasteiger charge is -2.11. The van der Waals surface area contributed by atoms with E-state index in [1.165, 1.54) is 0 Å². The van der Waals surface area contributed by atoms with Crippen molar-refractivity contribution in [2.45, 2.75) is 6.54 Å². The normalized spacial score (nSPS) is 10.8. The van der Waals surface area contributed by atoms with Crippen molar-refractivity contribution in [1.82, 2.24) is 14.8 Å². The highest BCUT2D eigenvalue weighted by molar-refractivity contribution is 6.43. The molecule has 0 saturated heterocycles. The molecular formula is C15H12Cl2N4. The SMILES string of the molecule is NCc1nnc(-c2cccc(Cl)c2Cl)n1-c1ccccc1. The van der Waals surface area contributed by atoms with Crippen LogP contribution in [0.2, 0.25) is 10.0 Å². The van der Waals surface area contributed by atoms with Gasteiger partial charge < -0.3 is 5.73 Å². The van der Waals surface area contributed by atoms with E-state index in [1.54, 1.807) is 6.07 Å². The Morgan fingerprint density at radius 2 is 1.71 bits per heavy atom. The molecule has 0 aliphatic heterocycles. The topological polar surface area (TPSA) is 56.7 Å². The van der Waals surface area contributed by atoms with E-state index in [0.717, 1.165) is 11.3 Å². The fourth-order valence-corrected chi connectivity index (χ4v) is 2.53. The van der Waals surface area contributed by atoms with Gasteiger partial charge in [-0.25, -0.2) is 0 Å².